The fourth-order valence-electron chi connectivity index (χ4n) is 0.715. The molecule has 0 atom stereocenters. The van der Waals surface area contributed by atoms with Gasteiger partial charge in [-0.3, -0.25) is 0 Å². The molecule has 0 saturated carbocycles. The Bertz CT molecular complexity index is 262. The maximum absolute atomic E-state index is 10.8. The second-order valence-electron chi connectivity index (χ2n) is 2.04. The van der Waals surface area contributed by atoms with Crippen molar-refractivity contribution in [3.63, 3.8) is 0 Å². The third-order valence-corrected chi connectivity index (χ3v) is 1.29. The number of carbonyl (C=O) groups is 1. The van der Waals surface area contributed by atoms with Gasteiger partial charge in [0.2, 0.25) is 0 Å². The quantitative estimate of drug-likeness (QED) is 0.385. The predicted octanol–water partition coefficient (Wildman–Crippen LogP) is -5.17. The standard InChI is InChI=1S/C8H8O3.2Na.2H2O/c1-11-8(10)6-2-4-7(9)5-3-6;;;;/h2-5,9H,1H3;;;2*1H2/q;2*+1;;/p-2. The monoisotopic (exact) mass is 232 g/mol. The number of methoxy groups -OCH3 is 1. The van der Waals surface area contributed by atoms with E-state index in [1.165, 1.54) is 31.4 Å². The molecule has 0 spiro atoms. The van der Waals surface area contributed by atoms with E-state index in [9.17, 15) is 4.79 Å². The smallest absolute Gasteiger partial charge is 0.870 e. The minimum Gasteiger partial charge on any atom is -0.870 e. The van der Waals surface area contributed by atoms with Gasteiger partial charge in [-0.25, -0.2) is 4.79 Å². The minimum atomic E-state index is -0.398. The van der Waals surface area contributed by atoms with Gasteiger partial charge in [0.05, 0.1) is 12.7 Å². The Balaban J connectivity index is -0.000000151. The molecule has 3 N–H and O–H groups in total. The topological polar surface area (TPSA) is 107 Å². The first kappa shape index (κ1) is 24.6. The van der Waals surface area contributed by atoms with Gasteiger partial charge in [-0.15, -0.1) is 0 Å². The number of rotatable bonds is 1. The number of phenolic OH excluding ortho intramolecular Hbond substituents is 1. The summed E-state index contributed by atoms with van der Waals surface area (Å²) in [6, 6.07) is 5.88. The SMILES string of the molecule is COC(=O)c1ccc(O)cc1.[Na+].[Na+].[OH-].[OH-]. The Morgan fingerprint density at radius 2 is 1.53 bits per heavy atom. The average Bonchev–Trinajstić information content (AvgIpc) is 2.05. The molecular weight excluding hydrogens is 222 g/mol. The number of aromatic hydroxyl groups is 1. The summed E-state index contributed by atoms with van der Waals surface area (Å²) in [5.41, 5.74) is 0.435. The van der Waals surface area contributed by atoms with Crippen molar-refractivity contribution in [2.45, 2.75) is 0 Å². The molecule has 0 aromatic heterocycles. The summed E-state index contributed by atoms with van der Waals surface area (Å²) in [4.78, 5) is 10.8. The van der Waals surface area contributed by atoms with Crippen LogP contribution in [0.1, 0.15) is 10.4 Å². The van der Waals surface area contributed by atoms with Gasteiger partial charge in [0.1, 0.15) is 5.75 Å². The van der Waals surface area contributed by atoms with Crippen LogP contribution in [-0.4, -0.2) is 29.1 Å². The molecule has 1 aromatic rings. The van der Waals surface area contributed by atoms with E-state index in [0.717, 1.165) is 0 Å². The van der Waals surface area contributed by atoms with Gasteiger partial charge in [-0.05, 0) is 24.3 Å². The van der Waals surface area contributed by atoms with Crippen LogP contribution in [0, 0.1) is 0 Å². The Labute approximate surface area is 132 Å². The first-order valence-electron chi connectivity index (χ1n) is 3.11. The molecule has 0 bridgehead atoms. The molecule has 0 aliphatic rings. The van der Waals surface area contributed by atoms with Gasteiger partial charge < -0.3 is 20.8 Å². The molecular formula is C8H10Na2O5. The molecule has 1 rings (SSSR count). The second-order valence-corrected chi connectivity index (χ2v) is 2.04. The summed E-state index contributed by atoms with van der Waals surface area (Å²) >= 11 is 0. The van der Waals surface area contributed by atoms with Gasteiger partial charge in [0, 0.05) is 0 Å². The van der Waals surface area contributed by atoms with E-state index in [2.05, 4.69) is 4.74 Å². The summed E-state index contributed by atoms with van der Waals surface area (Å²) in [5, 5.41) is 8.86. The zero-order valence-corrected chi connectivity index (χ0v) is 13.0. The number of carbonyl (C=O) groups excluding carboxylic acids is 1. The molecule has 0 aliphatic heterocycles. The molecule has 5 nitrogen and oxygen atoms in total. The van der Waals surface area contributed by atoms with Gasteiger partial charge >= 0.3 is 65.1 Å². The number of ether oxygens (including phenoxy) is 1. The van der Waals surface area contributed by atoms with Crippen LogP contribution in [-0.2, 0) is 4.74 Å². The Kier molecular flexibility index (Phi) is 20.4. The van der Waals surface area contributed by atoms with Crippen molar-refractivity contribution in [3.05, 3.63) is 29.8 Å². The molecule has 0 fully saturated rings. The predicted molar refractivity (Wildman–Crippen MR) is 43.3 cm³/mol. The second kappa shape index (κ2) is 12.5. The van der Waals surface area contributed by atoms with Crippen LogP contribution in [0.25, 0.3) is 0 Å². The van der Waals surface area contributed by atoms with E-state index in [1.54, 1.807) is 0 Å². The van der Waals surface area contributed by atoms with Crippen LogP contribution >= 0.6 is 0 Å². The van der Waals surface area contributed by atoms with Crippen LogP contribution in [0.5, 0.6) is 5.75 Å². The van der Waals surface area contributed by atoms with Crippen LogP contribution in [0.4, 0.5) is 0 Å². The Morgan fingerprint density at radius 3 is 1.87 bits per heavy atom. The largest absolute Gasteiger partial charge is 1.00 e. The summed E-state index contributed by atoms with van der Waals surface area (Å²) in [6.45, 7) is 0. The first-order chi connectivity index (χ1) is 5.24. The summed E-state index contributed by atoms with van der Waals surface area (Å²) < 4.78 is 4.46. The number of phenols is 1. The molecule has 0 amide bonds. The van der Waals surface area contributed by atoms with Crippen LogP contribution in [0.2, 0.25) is 0 Å². The number of hydrogen-bond donors (Lipinski definition) is 1. The Hall–Kier alpha value is 0.410. The fraction of sp³-hybridized carbons (Fsp3) is 0.125. The normalized spacial score (nSPS) is 6.73. The molecule has 0 unspecified atom stereocenters. The fourth-order valence-corrected chi connectivity index (χ4v) is 0.715. The van der Waals surface area contributed by atoms with Crippen molar-refractivity contribution in [1.82, 2.24) is 0 Å². The minimum absolute atomic E-state index is 0. The van der Waals surface area contributed by atoms with Gasteiger partial charge in [-0.2, -0.15) is 0 Å². The van der Waals surface area contributed by atoms with Crippen LogP contribution in [0.15, 0.2) is 24.3 Å². The molecule has 0 aliphatic carbocycles. The molecule has 74 valence electrons. The number of hydrogen-bond acceptors (Lipinski definition) is 5. The van der Waals surface area contributed by atoms with Crippen molar-refractivity contribution in [2.24, 2.45) is 0 Å². The van der Waals surface area contributed by atoms with E-state index in [4.69, 9.17) is 5.11 Å². The van der Waals surface area contributed by atoms with E-state index < -0.39 is 5.97 Å². The van der Waals surface area contributed by atoms with Gasteiger partial charge in [-0.1, -0.05) is 0 Å². The molecule has 0 heterocycles. The van der Waals surface area contributed by atoms with E-state index in [0.29, 0.717) is 5.56 Å². The zero-order valence-electron chi connectivity index (χ0n) is 8.97. The summed E-state index contributed by atoms with van der Waals surface area (Å²) in [7, 11) is 1.31. The maximum Gasteiger partial charge on any atom is 1.00 e. The summed E-state index contributed by atoms with van der Waals surface area (Å²) in [5.74, 6) is -0.261. The molecule has 7 heteroatoms. The third-order valence-electron chi connectivity index (χ3n) is 1.29. The van der Waals surface area contributed by atoms with Gasteiger partial charge in [0.25, 0.3) is 0 Å². The zero-order chi connectivity index (χ0) is 8.27. The molecule has 0 radical (unpaired) electrons. The van der Waals surface area contributed by atoms with Gasteiger partial charge in [0.15, 0.2) is 0 Å². The summed E-state index contributed by atoms with van der Waals surface area (Å²) in [6.07, 6.45) is 0. The average molecular weight is 232 g/mol. The van der Waals surface area contributed by atoms with Crippen molar-refractivity contribution in [3.8, 4) is 5.75 Å². The van der Waals surface area contributed by atoms with Crippen LogP contribution in [0.3, 0.4) is 0 Å². The van der Waals surface area contributed by atoms with Crippen molar-refractivity contribution in [2.75, 3.05) is 7.11 Å². The van der Waals surface area contributed by atoms with Crippen molar-refractivity contribution in [1.29, 1.82) is 0 Å². The number of benzene rings is 1. The first-order valence-corrected chi connectivity index (χ1v) is 3.11. The number of esters is 1. The van der Waals surface area contributed by atoms with Crippen LogP contribution < -0.4 is 59.1 Å². The van der Waals surface area contributed by atoms with Crippen molar-refractivity contribution < 1.29 is 84.7 Å². The van der Waals surface area contributed by atoms with E-state index >= 15 is 0 Å². The van der Waals surface area contributed by atoms with Crippen molar-refractivity contribution >= 4 is 5.97 Å². The van der Waals surface area contributed by atoms with E-state index in [-0.39, 0.29) is 75.8 Å². The molecule has 1 aromatic carbocycles. The molecule has 0 saturated heterocycles. The van der Waals surface area contributed by atoms with E-state index in [1.807, 2.05) is 0 Å². The third kappa shape index (κ3) is 8.24. The Morgan fingerprint density at radius 1 is 1.13 bits per heavy atom. The molecule has 15 heavy (non-hydrogen) atoms. The maximum atomic E-state index is 10.8.